The van der Waals surface area contributed by atoms with Gasteiger partial charge in [-0.05, 0) is 83.8 Å². The maximum Gasteiger partial charge on any atom is 0.144 e. The highest BCUT2D eigenvalue weighted by Gasteiger charge is 2.35. The van der Waals surface area contributed by atoms with Crippen LogP contribution < -0.4 is 4.90 Å². The summed E-state index contributed by atoms with van der Waals surface area (Å²) in [4.78, 5) is 7.62. The zero-order chi connectivity index (χ0) is 33.6. The topological polar surface area (TPSA) is 29.3 Å². The van der Waals surface area contributed by atoms with Crippen molar-refractivity contribution in [3.8, 4) is 22.4 Å². The fraction of sp³-hybridized carbons (Fsp3) is 0.0851. The molecule has 9 aromatic rings. The second kappa shape index (κ2) is 10.7. The van der Waals surface area contributed by atoms with Gasteiger partial charge in [0.1, 0.15) is 11.2 Å². The highest BCUT2D eigenvalue weighted by atomic mass is 16.3. The third kappa shape index (κ3) is 4.20. The standard InChI is InChI=1S/C47H34N2O/c1-29-16-20-31(21-17-29)49(33-24-25-35-34-10-4-7-13-40(34)47(2,3)41(35)28-33)32-22-18-30(19-23-32)45-39-27-26-37-36-11-6-9-15-43(36)50-46(37)44(39)38-12-5-8-14-42(38)48-45/h4-28H,1-3H3. The quantitative estimate of drug-likeness (QED) is 0.179. The van der Waals surface area contributed by atoms with Gasteiger partial charge in [-0.3, -0.25) is 0 Å². The van der Waals surface area contributed by atoms with Gasteiger partial charge in [-0.1, -0.05) is 116 Å². The van der Waals surface area contributed by atoms with E-state index in [4.69, 9.17) is 9.40 Å². The van der Waals surface area contributed by atoms with Crippen molar-refractivity contribution in [2.75, 3.05) is 4.90 Å². The number of para-hydroxylation sites is 2. The van der Waals surface area contributed by atoms with Gasteiger partial charge in [0, 0.05) is 55.0 Å². The van der Waals surface area contributed by atoms with Gasteiger partial charge >= 0.3 is 0 Å². The van der Waals surface area contributed by atoms with Gasteiger partial charge in [0.15, 0.2) is 0 Å². The van der Waals surface area contributed by atoms with E-state index in [2.05, 4.69) is 165 Å². The number of aromatic nitrogens is 1. The van der Waals surface area contributed by atoms with Gasteiger partial charge in [0.25, 0.3) is 0 Å². The number of nitrogens with zero attached hydrogens (tertiary/aromatic N) is 2. The van der Waals surface area contributed by atoms with E-state index >= 15 is 0 Å². The molecule has 238 valence electrons. The van der Waals surface area contributed by atoms with Crippen molar-refractivity contribution >= 4 is 60.7 Å². The molecule has 7 aromatic carbocycles. The molecule has 0 bridgehead atoms. The van der Waals surface area contributed by atoms with Crippen molar-refractivity contribution in [2.45, 2.75) is 26.2 Å². The zero-order valence-electron chi connectivity index (χ0n) is 28.2. The van der Waals surface area contributed by atoms with Crippen LogP contribution in [-0.2, 0) is 5.41 Å². The molecule has 0 saturated heterocycles. The van der Waals surface area contributed by atoms with Crippen LogP contribution in [0.2, 0.25) is 0 Å². The predicted molar refractivity (Wildman–Crippen MR) is 209 cm³/mol. The molecule has 0 spiro atoms. The summed E-state index contributed by atoms with van der Waals surface area (Å²) in [7, 11) is 0. The van der Waals surface area contributed by atoms with Crippen molar-refractivity contribution < 1.29 is 4.42 Å². The number of furan rings is 1. The van der Waals surface area contributed by atoms with Gasteiger partial charge in [-0.15, -0.1) is 0 Å². The molecular weight excluding hydrogens is 609 g/mol. The lowest BCUT2D eigenvalue weighted by Gasteiger charge is -2.28. The smallest absolute Gasteiger partial charge is 0.144 e. The fourth-order valence-corrected chi connectivity index (χ4v) is 8.18. The SMILES string of the molecule is Cc1ccc(N(c2ccc(-c3nc4ccccc4c4c3ccc3c5ccccc5oc34)cc2)c2ccc3c(c2)C(C)(C)c2ccccc2-3)cc1. The maximum atomic E-state index is 6.55. The average molecular weight is 643 g/mol. The Morgan fingerprint density at radius 3 is 2.00 bits per heavy atom. The van der Waals surface area contributed by atoms with Crippen LogP contribution in [-0.4, -0.2) is 4.98 Å². The fourth-order valence-electron chi connectivity index (χ4n) is 8.18. The Kier molecular flexibility index (Phi) is 6.13. The van der Waals surface area contributed by atoms with Gasteiger partial charge in [0.05, 0.1) is 11.2 Å². The Balaban J connectivity index is 1.13. The molecule has 0 unspecified atom stereocenters. The van der Waals surface area contributed by atoms with E-state index in [1.165, 1.54) is 27.8 Å². The molecule has 1 aliphatic carbocycles. The molecule has 0 atom stereocenters. The molecule has 50 heavy (non-hydrogen) atoms. The molecule has 1 aliphatic rings. The monoisotopic (exact) mass is 642 g/mol. The molecule has 0 amide bonds. The average Bonchev–Trinajstić information content (AvgIpc) is 3.64. The van der Waals surface area contributed by atoms with E-state index in [0.29, 0.717) is 0 Å². The molecule has 0 N–H and O–H groups in total. The summed E-state index contributed by atoms with van der Waals surface area (Å²) in [5.74, 6) is 0. The Bertz CT molecular complexity index is 2790. The first-order valence-corrected chi connectivity index (χ1v) is 17.3. The summed E-state index contributed by atoms with van der Waals surface area (Å²) in [5, 5.41) is 5.54. The van der Waals surface area contributed by atoms with Crippen LogP contribution in [0.15, 0.2) is 156 Å². The van der Waals surface area contributed by atoms with Gasteiger partial charge in [0.2, 0.25) is 0 Å². The van der Waals surface area contributed by atoms with Crippen LogP contribution in [0.4, 0.5) is 17.1 Å². The van der Waals surface area contributed by atoms with E-state index in [1.807, 2.05) is 12.1 Å². The number of rotatable bonds is 4. The molecule has 10 rings (SSSR count). The van der Waals surface area contributed by atoms with E-state index in [1.54, 1.807) is 0 Å². The normalized spacial score (nSPS) is 13.3. The summed E-state index contributed by atoms with van der Waals surface area (Å²) in [6, 6.07) is 54.5. The summed E-state index contributed by atoms with van der Waals surface area (Å²) < 4.78 is 6.55. The van der Waals surface area contributed by atoms with E-state index in [9.17, 15) is 0 Å². The van der Waals surface area contributed by atoms with E-state index in [0.717, 1.165) is 71.9 Å². The third-order valence-corrected chi connectivity index (χ3v) is 10.7. The van der Waals surface area contributed by atoms with E-state index in [-0.39, 0.29) is 5.41 Å². The van der Waals surface area contributed by atoms with Gasteiger partial charge in [-0.2, -0.15) is 0 Å². The number of benzene rings is 7. The number of aryl methyl sites for hydroxylation is 1. The summed E-state index contributed by atoms with van der Waals surface area (Å²) in [5.41, 5.74) is 14.7. The van der Waals surface area contributed by atoms with Crippen molar-refractivity contribution in [1.82, 2.24) is 4.98 Å². The minimum atomic E-state index is -0.0845. The van der Waals surface area contributed by atoms with Crippen molar-refractivity contribution in [1.29, 1.82) is 0 Å². The molecule has 0 saturated carbocycles. The molecule has 2 aromatic heterocycles. The minimum Gasteiger partial charge on any atom is -0.455 e. The van der Waals surface area contributed by atoms with Crippen LogP contribution in [0.1, 0.15) is 30.5 Å². The molecule has 0 radical (unpaired) electrons. The third-order valence-electron chi connectivity index (χ3n) is 10.7. The highest BCUT2D eigenvalue weighted by Crippen LogP contribution is 2.51. The lowest BCUT2D eigenvalue weighted by atomic mass is 9.82. The molecule has 0 aliphatic heterocycles. The van der Waals surface area contributed by atoms with Crippen LogP contribution in [0.5, 0.6) is 0 Å². The second-order valence-corrected chi connectivity index (χ2v) is 14.1. The maximum absolute atomic E-state index is 6.55. The van der Waals surface area contributed by atoms with E-state index < -0.39 is 0 Å². The Hall–Kier alpha value is -6.19. The summed E-state index contributed by atoms with van der Waals surface area (Å²) in [6.07, 6.45) is 0. The molecule has 3 nitrogen and oxygen atoms in total. The first-order valence-electron chi connectivity index (χ1n) is 17.3. The number of pyridine rings is 1. The van der Waals surface area contributed by atoms with Crippen molar-refractivity contribution in [2.24, 2.45) is 0 Å². The molecule has 0 fully saturated rings. The lowest BCUT2D eigenvalue weighted by Crippen LogP contribution is -2.16. The predicted octanol–water partition coefficient (Wildman–Crippen LogP) is 13.0. The van der Waals surface area contributed by atoms with Crippen LogP contribution >= 0.6 is 0 Å². The van der Waals surface area contributed by atoms with Gasteiger partial charge in [-0.25, -0.2) is 4.98 Å². The molecule has 3 heteroatoms. The van der Waals surface area contributed by atoms with Gasteiger partial charge < -0.3 is 9.32 Å². The number of hydrogen-bond acceptors (Lipinski definition) is 3. The molecular formula is C47H34N2O. The number of hydrogen-bond donors (Lipinski definition) is 0. The summed E-state index contributed by atoms with van der Waals surface area (Å²) in [6.45, 7) is 6.82. The summed E-state index contributed by atoms with van der Waals surface area (Å²) >= 11 is 0. The first kappa shape index (κ1) is 28.8. The highest BCUT2D eigenvalue weighted by molar-refractivity contribution is 6.24. The first-order chi connectivity index (χ1) is 24.5. The number of anilines is 3. The van der Waals surface area contributed by atoms with Crippen LogP contribution in [0.25, 0.3) is 66.0 Å². The Morgan fingerprint density at radius 1 is 0.540 bits per heavy atom. The zero-order valence-corrected chi connectivity index (χ0v) is 28.2. The second-order valence-electron chi connectivity index (χ2n) is 14.1. The number of fused-ring (bicyclic) bond motifs is 10. The van der Waals surface area contributed by atoms with Crippen molar-refractivity contribution in [3.63, 3.8) is 0 Å². The lowest BCUT2D eigenvalue weighted by molar-refractivity contribution is 0.660. The van der Waals surface area contributed by atoms with Crippen LogP contribution in [0, 0.1) is 6.92 Å². The molecule has 2 heterocycles. The van der Waals surface area contributed by atoms with Crippen molar-refractivity contribution in [3.05, 3.63) is 168 Å². The Morgan fingerprint density at radius 2 is 1.18 bits per heavy atom. The van der Waals surface area contributed by atoms with Crippen LogP contribution in [0.3, 0.4) is 0 Å². The largest absolute Gasteiger partial charge is 0.455 e. The minimum absolute atomic E-state index is 0.0845. The Labute approximate surface area is 291 Å².